The van der Waals surface area contributed by atoms with Crippen molar-refractivity contribution >= 4 is 44.6 Å². The summed E-state index contributed by atoms with van der Waals surface area (Å²) in [6.45, 7) is 3.20. The van der Waals surface area contributed by atoms with Gasteiger partial charge in [0.05, 0.1) is 12.3 Å². The summed E-state index contributed by atoms with van der Waals surface area (Å²) in [4.78, 5) is 11.9. The summed E-state index contributed by atoms with van der Waals surface area (Å²) < 4.78 is 31.9. The van der Waals surface area contributed by atoms with Crippen LogP contribution in [-0.4, -0.2) is 27.5 Å². The lowest BCUT2D eigenvalue weighted by atomic mass is 10.2. The van der Waals surface area contributed by atoms with Gasteiger partial charge < -0.3 is 4.74 Å². The number of benzene rings is 1. The quantitative estimate of drug-likeness (QED) is 0.727. The van der Waals surface area contributed by atoms with Crippen LogP contribution in [-0.2, 0) is 19.6 Å². The number of aryl methyl sites for hydroxylation is 1. The Labute approximate surface area is 144 Å². The second-order valence-electron chi connectivity index (χ2n) is 4.68. The van der Waals surface area contributed by atoms with Crippen molar-refractivity contribution in [3.8, 4) is 0 Å². The molecule has 8 heteroatoms. The third-order valence-corrected chi connectivity index (χ3v) is 6.43. The summed E-state index contributed by atoms with van der Waals surface area (Å²) in [5.41, 5.74) is 1.05. The molecule has 23 heavy (non-hydrogen) atoms. The van der Waals surface area contributed by atoms with Crippen LogP contribution in [0.3, 0.4) is 0 Å². The van der Waals surface area contributed by atoms with E-state index in [1.165, 1.54) is 12.1 Å². The van der Waals surface area contributed by atoms with Crippen molar-refractivity contribution < 1.29 is 17.9 Å². The molecule has 0 aliphatic heterocycles. The van der Waals surface area contributed by atoms with Crippen molar-refractivity contribution in [1.82, 2.24) is 0 Å². The van der Waals surface area contributed by atoms with Crippen LogP contribution < -0.4 is 4.31 Å². The molecule has 124 valence electrons. The van der Waals surface area contributed by atoms with E-state index < -0.39 is 22.5 Å². The van der Waals surface area contributed by atoms with Gasteiger partial charge in [0, 0.05) is 5.02 Å². The van der Waals surface area contributed by atoms with Gasteiger partial charge in [-0.25, -0.2) is 8.42 Å². The molecule has 0 aliphatic rings. The van der Waals surface area contributed by atoms with E-state index in [0.717, 1.165) is 15.6 Å². The fourth-order valence-electron chi connectivity index (χ4n) is 1.99. The maximum atomic E-state index is 12.9. The molecular weight excluding hydrogens is 358 g/mol. The lowest BCUT2D eigenvalue weighted by Crippen LogP contribution is -2.36. The Hall–Kier alpha value is -1.57. The molecule has 0 bridgehead atoms. The van der Waals surface area contributed by atoms with E-state index in [2.05, 4.69) is 0 Å². The van der Waals surface area contributed by atoms with Crippen LogP contribution in [0.5, 0.6) is 0 Å². The highest BCUT2D eigenvalue weighted by molar-refractivity contribution is 7.94. The first-order valence-electron chi connectivity index (χ1n) is 6.84. The van der Waals surface area contributed by atoms with Crippen molar-refractivity contribution in [2.75, 3.05) is 17.5 Å². The first-order chi connectivity index (χ1) is 10.9. The van der Waals surface area contributed by atoms with Gasteiger partial charge in [0.15, 0.2) is 0 Å². The fraction of sp³-hybridized carbons (Fsp3) is 0.267. The zero-order valence-corrected chi connectivity index (χ0v) is 15.0. The predicted molar refractivity (Wildman–Crippen MR) is 91.7 cm³/mol. The fourth-order valence-corrected chi connectivity index (χ4v) is 4.73. The summed E-state index contributed by atoms with van der Waals surface area (Å²) in [5.74, 6) is -0.619. The molecule has 2 aromatic rings. The third-order valence-electron chi connectivity index (χ3n) is 3.06. The average Bonchev–Trinajstić information content (AvgIpc) is 3.03. The van der Waals surface area contributed by atoms with Crippen LogP contribution in [0, 0.1) is 6.92 Å². The van der Waals surface area contributed by atoms with Crippen LogP contribution in [0.1, 0.15) is 12.5 Å². The Bertz CT molecular complexity index is 788. The molecule has 0 aliphatic carbocycles. The molecule has 2 rings (SSSR count). The molecule has 1 heterocycles. The first kappa shape index (κ1) is 17.8. The van der Waals surface area contributed by atoms with E-state index in [4.69, 9.17) is 16.3 Å². The molecule has 0 amide bonds. The second kappa shape index (κ2) is 7.33. The van der Waals surface area contributed by atoms with Gasteiger partial charge in [-0.3, -0.25) is 9.10 Å². The number of nitrogens with zero attached hydrogens (tertiary/aromatic N) is 1. The maximum absolute atomic E-state index is 12.9. The first-order valence-corrected chi connectivity index (χ1v) is 9.54. The minimum absolute atomic E-state index is 0.154. The summed E-state index contributed by atoms with van der Waals surface area (Å²) in [6.07, 6.45) is 0. The van der Waals surface area contributed by atoms with E-state index in [9.17, 15) is 13.2 Å². The number of hydrogen-bond acceptors (Lipinski definition) is 5. The maximum Gasteiger partial charge on any atom is 0.326 e. The van der Waals surface area contributed by atoms with Gasteiger partial charge in [0.1, 0.15) is 10.8 Å². The largest absolute Gasteiger partial charge is 0.465 e. The van der Waals surface area contributed by atoms with Crippen LogP contribution in [0.25, 0.3) is 0 Å². The normalized spacial score (nSPS) is 11.3. The zero-order chi connectivity index (χ0) is 17.0. The van der Waals surface area contributed by atoms with E-state index in [0.29, 0.717) is 16.3 Å². The molecular formula is C15H16ClNO4S2. The molecule has 0 unspecified atom stereocenters. The Morgan fingerprint density at radius 1 is 1.35 bits per heavy atom. The summed E-state index contributed by atoms with van der Waals surface area (Å²) in [5, 5.41) is 2.06. The number of sulfonamides is 1. The summed E-state index contributed by atoms with van der Waals surface area (Å²) >= 11 is 7.09. The Morgan fingerprint density at radius 2 is 2.09 bits per heavy atom. The van der Waals surface area contributed by atoms with Gasteiger partial charge in [-0.15, -0.1) is 11.3 Å². The highest BCUT2D eigenvalue weighted by Gasteiger charge is 2.29. The lowest BCUT2D eigenvalue weighted by molar-refractivity contribution is -0.141. The lowest BCUT2D eigenvalue weighted by Gasteiger charge is -2.24. The Morgan fingerprint density at radius 3 is 2.70 bits per heavy atom. The van der Waals surface area contributed by atoms with Crippen molar-refractivity contribution in [1.29, 1.82) is 0 Å². The van der Waals surface area contributed by atoms with E-state index in [1.54, 1.807) is 37.4 Å². The minimum Gasteiger partial charge on any atom is -0.465 e. The van der Waals surface area contributed by atoms with E-state index in [-0.39, 0.29) is 10.8 Å². The predicted octanol–water partition coefficient (Wildman–Crippen LogP) is 3.47. The topological polar surface area (TPSA) is 63.7 Å². The Balaban J connectivity index is 2.52. The molecule has 0 fully saturated rings. The molecule has 0 saturated heterocycles. The molecule has 5 nitrogen and oxygen atoms in total. The van der Waals surface area contributed by atoms with Gasteiger partial charge in [0.2, 0.25) is 0 Å². The zero-order valence-electron chi connectivity index (χ0n) is 12.7. The SMILES string of the molecule is CCOC(=O)CN(c1cc(Cl)ccc1C)S(=O)(=O)c1cccs1. The van der Waals surface area contributed by atoms with Crippen molar-refractivity contribution in [3.63, 3.8) is 0 Å². The number of rotatable bonds is 6. The monoisotopic (exact) mass is 373 g/mol. The number of anilines is 1. The number of esters is 1. The van der Waals surface area contributed by atoms with E-state index in [1.807, 2.05) is 0 Å². The molecule has 1 aromatic heterocycles. The summed E-state index contributed by atoms with van der Waals surface area (Å²) in [6, 6.07) is 8.05. The smallest absolute Gasteiger partial charge is 0.326 e. The second-order valence-corrected chi connectivity index (χ2v) is 8.15. The van der Waals surface area contributed by atoms with E-state index >= 15 is 0 Å². The van der Waals surface area contributed by atoms with Crippen molar-refractivity contribution in [3.05, 3.63) is 46.3 Å². The molecule has 0 radical (unpaired) electrons. The number of carbonyl (C=O) groups excluding carboxylic acids is 1. The van der Waals surface area contributed by atoms with Crippen LogP contribution in [0.4, 0.5) is 5.69 Å². The third kappa shape index (κ3) is 4.04. The number of halogens is 1. The molecule has 1 aromatic carbocycles. The number of thiophene rings is 1. The van der Waals surface area contributed by atoms with Gasteiger partial charge in [-0.05, 0) is 43.0 Å². The van der Waals surface area contributed by atoms with Crippen LogP contribution >= 0.6 is 22.9 Å². The minimum atomic E-state index is -3.87. The highest BCUT2D eigenvalue weighted by atomic mass is 35.5. The van der Waals surface area contributed by atoms with Crippen molar-refractivity contribution in [2.45, 2.75) is 18.1 Å². The highest BCUT2D eigenvalue weighted by Crippen LogP contribution is 2.30. The number of ether oxygens (including phenoxy) is 1. The number of hydrogen-bond donors (Lipinski definition) is 0. The Kier molecular flexibility index (Phi) is 5.67. The van der Waals surface area contributed by atoms with Crippen molar-refractivity contribution in [2.24, 2.45) is 0 Å². The molecule has 0 spiro atoms. The number of carbonyl (C=O) groups is 1. The molecule has 0 N–H and O–H groups in total. The van der Waals surface area contributed by atoms with Gasteiger partial charge in [0.25, 0.3) is 10.0 Å². The van der Waals surface area contributed by atoms with Crippen LogP contribution in [0.2, 0.25) is 5.02 Å². The standard InChI is InChI=1S/C15H16ClNO4S2/c1-3-21-14(18)10-17(13-9-12(16)7-6-11(13)2)23(19,20)15-5-4-8-22-15/h4-9H,3,10H2,1-2H3. The van der Waals surface area contributed by atoms with Gasteiger partial charge >= 0.3 is 5.97 Å². The molecule has 0 saturated carbocycles. The average molecular weight is 374 g/mol. The van der Waals surface area contributed by atoms with Gasteiger partial charge in [-0.2, -0.15) is 0 Å². The summed E-state index contributed by atoms with van der Waals surface area (Å²) in [7, 11) is -3.87. The van der Waals surface area contributed by atoms with Gasteiger partial charge in [-0.1, -0.05) is 23.7 Å². The van der Waals surface area contributed by atoms with Crippen LogP contribution in [0.15, 0.2) is 39.9 Å². The molecule has 0 atom stereocenters.